The lowest BCUT2D eigenvalue weighted by molar-refractivity contribution is 1.37. The molecular weight excluding hydrogens is 192 g/mol. The third kappa shape index (κ3) is 1.14. The van der Waals surface area contributed by atoms with Crippen molar-refractivity contribution >= 4 is 21.6 Å². The summed E-state index contributed by atoms with van der Waals surface area (Å²) in [5.74, 6) is 0. The second-order valence-corrected chi connectivity index (χ2v) is 4.10. The van der Waals surface area contributed by atoms with Gasteiger partial charge in [0.05, 0.1) is 15.9 Å². The van der Waals surface area contributed by atoms with Gasteiger partial charge in [-0.25, -0.2) is 4.98 Å². The van der Waals surface area contributed by atoms with Crippen LogP contribution in [0.1, 0.15) is 0 Å². The largest absolute Gasteiger partial charge is 0.359 e. The average Bonchev–Trinajstić information content (AvgIpc) is 2.86. The Kier molecular flexibility index (Phi) is 1.64. The van der Waals surface area contributed by atoms with Gasteiger partial charge < -0.3 is 4.98 Å². The number of fused-ring (bicyclic) bond motifs is 1. The Labute approximate surface area is 85.2 Å². The molecule has 0 saturated heterocycles. The highest BCUT2D eigenvalue weighted by Crippen LogP contribution is 2.28. The minimum absolute atomic E-state index is 1.05. The molecule has 1 N–H and O–H groups in total. The van der Waals surface area contributed by atoms with Crippen molar-refractivity contribution in [1.29, 1.82) is 0 Å². The Bertz CT molecular complexity index is 518. The molecule has 68 valence electrons. The third-order valence-corrected chi connectivity index (χ3v) is 3.19. The van der Waals surface area contributed by atoms with E-state index in [1.807, 2.05) is 36.5 Å². The van der Waals surface area contributed by atoms with Gasteiger partial charge in [0, 0.05) is 6.20 Å². The van der Waals surface area contributed by atoms with Crippen molar-refractivity contribution in [2.75, 3.05) is 0 Å². The van der Waals surface area contributed by atoms with Gasteiger partial charge in [-0.3, -0.25) is 0 Å². The molecule has 3 rings (SSSR count). The summed E-state index contributed by atoms with van der Waals surface area (Å²) >= 11 is 1.71. The number of aromatic amines is 1. The summed E-state index contributed by atoms with van der Waals surface area (Å²) in [6.07, 6.45) is 1.92. The van der Waals surface area contributed by atoms with E-state index >= 15 is 0 Å². The molecule has 2 aromatic heterocycles. The van der Waals surface area contributed by atoms with Crippen molar-refractivity contribution in [2.24, 2.45) is 0 Å². The van der Waals surface area contributed by atoms with Gasteiger partial charge in [0.15, 0.2) is 0 Å². The normalized spacial score (nSPS) is 10.9. The minimum atomic E-state index is 1.05. The molecular formula is C11H8N2S. The molecule has 2 nitrogen and oxygen atoms in total. The van der Waals surface area contributed by atoms with Crippen LogP contribution in [0.3, 0.4) is 0 Å². The van der Waals surface area contributed by atoms with Crippen LogP contribution in [0.4, 0.5) is 0 Å². The highest BCUT2D eigenvalue weighted by atomic mass is 32.1. The van der Waals surface area contributed by atoms with Crippen LogP contribution in [0.15, 0.2) is 42.6 Å². The van der Waals surface area contributed by atoms with E-state index in [2.05, 4.69) is 16.0 Å². The zero-order chi connectivity index (χ0) is 9.38. The predicted molar refractivity (Wildman–Crippen MR) is 59.4 cm³/mol. The molecule has 0 spiro atoms. The van der Waals surface area contributed by atoms with Crippen LogP contribution in [0.25, 0.3) is 20.9 Å². The molecule has 14 heavy (non-hydrogen) atoms. The Morgan fingerprint density at radius 2 is 2.00 bits per heavy atom. The molecule has 0 unspecified atom stereocenters. The summed E-state index contributed by atoms with van der Waals surface area (Å²) in [6.45, 7) is 0. The highest BCUT2D eigenvalue weighted by molar-refractivity contribution is 7.21. The van der Waals surface area contributed by atoms with Crippen LogP contribution in [-0.2, 0) is 0 Å². The van der Waals surface area contributed by atoms with E-state index in [1.54, 1.807) is 11.3 Å². The van der Waals surface area contributed by atoms with E-state index in [1.165, 1.54) is 4.70 Å². The number of H-pyrrole nitrogens is 1. The van der Waals surface area contributed by atoms with Crippen LogP contribution in [-0.4, -0.2) is 9.97 Å². The van der Waals surface area contributed by atoms with Gasteiger partial charge in [-0.1, -0.05) is 12.1 Å². The van der Waals surface area contributed by atoms with E-state index in [0.29, 0.717) is 0 Å². The van der Waals surface area contributed by atoms with Crippen LogP contribution in [0.5, 0.6) is 0 Å². The maximum absolute atomic E-state index is 4.54. The Balaban J connectivity index is 2.24. The first kappa shape index (κ1) is 7.76. The quantitative estimate of drug-likeness (QED) is 0.641. The van der Waals surface area contributed by atoms with Gasteiger partial charge in [-0.05, 0) is 24.3 Å². The topological polar surface area (TPSA) is 28.7 Å². The number of nitrogens with one attached hydrogen (secondary N) is 1. The summed E-state index contributed by atoms with van der Waals surface area (Å²) in [7, 11) is 0. The van der Waals surface area contributed by atoms with Crippen LogP contribution >= 0.6 is 11.3 Å². The number of aromatic nitrogens is 2. The fourth-order valence-corrected chi connectivity index (χ4v) is 2.40. The number of thiazole rings is 1. The second kappa shape index (κ2) is 2.96. The smallest absolute Gasteiger partial charge is 0.140 e. The molecule has 0 amide bonds. The molecule has 1 aromatic carbocycles. The zero-order valence-electron chi connectivity index (χ0n) is 7.40. The minimum Gasteiger partial charge on any atom is -0.359 e. The van der Waals surface area contributed by atoms with Gasteiger partial charge in [0.1, 0.15) is 5.01 Å². The Morgan fingerprint density at radius 3 is 2.79 bits per heavy atom. The SMILES string of the molecule is c1c[nH]c(-c2nc3ccccc3s2)c1. The van der Waals surface area contributed by atoms with E-state index in [0.717, 1.165) is 16.2 Å². The first-order valence-corrected chi connectivity index (χ1v) is 5.24. The number of rotatable bonds is 1. The Hall–Kier alpha value is -1.61. The van der Waals surface area contributed by atoms with Crippen molar-refractivity contribution in [3.63, 3.8) is 0 Å². The fourth-order valence-electron chi connectivity index (χ4n) is 1.45. The maximum Gasteiger partial charge on any atom is 0.140 e. The summed E-state index contributed by atoms with van der Waals surface area (Å²) < 4.78 is 1.23. The number of benzene rings is 1. The van der Waals surface area contributed by atoms with Gasteiger partial charge in [-0.15, -0.1) is 11.3 Å². The highest BCUT2D eigenvalue weighted by Gasteiger charge is 2.04. The second-order valence-electron chi connectivity index (χ2n) is 3.07. The zero-order valence-corrected chi connectivity index (χ0v) is 8.21. The lowest BCUT2D eigenvalue weighted by atomic mass is 10.3. The van der Waals surface area contributed by atoms with Crippen LogP contribution in [0, 0.1) is 0 Å². The van der Waals surface area contributed by atoms with Crippen molar-refractivity contribution in [3.05, 3.63) is 42.6 Å². The first-order valence-electron chi connectivity index (χ1n) is 4.43. The summed E-state index contributed by atoms with van der Waals surface area (Å²) in [4.78, 5) is 7.70. The molecule has 0 atom stereocenters. The molecule has 0 radical (unpaired) electrons. The van der Waals surface area contributed by atoms with Crippen molar-refractivity contribution in [2.45, 2.75) is 0 Å². The average molecular weight is 200 g/mol. The van der Waals surface area contributed by atoms with Gasteiger partial charge in [0.2, 0.25) is 0 Å². The van der Waals surface area contributed by atoms with Gasteiger partial charge in [-0.2, -0.15) is 0 Å². The molecule has 3 heteroatoms. The van der Waals surface area contributed by atoms with E-state index in [-0.39, 0.29) is 0 Å². The monoisotopic (exact) mass is 200 g/mol. The van der Waals surface area contributed by atoms with Crippen molar-refractivity contribution < 1.29 is 0 Å². The standard InChI is InChI=1S/C11H8N2S/c1-2-6-10-8(4-1)13-11(14-10)9-5-3-7-12-9/h1-7,12H. The van der Waals surface area contributed by atoms with E-state index in [9.17, 15) is 0 Å². The lowest BCUT2D eigenvalue weighted by Gasteiger charge is -1.85. The molecule has 2 heterocycles. The molecule has 3 aromatic rings. The van der Waals surface area contributed by atoms with Gasteiger partial charge in [0.25, 0.3) is 0 Å². The number of nitrogens with zero attached hydrogens (tertiary/aromatic N) is 1. The molecule has 0 aliphatic rings. The molecule has 0 bridgehead atoms. The third-order valence-electron chi connectivity index (χ3n) is 2.12. The predicted octanol–water partition coefficient (Wildman–Crippen LogP) is 3.29. The molecule has 0 aliphatic carbocycles. The number of hydrogen-bond donors (Lipinski definition) is 1. The summed E-state index contributed by atoms with van der Waals surface area (Å²) in [6, 6.07) is 12.2. The van der Waals surface area contributed by atoms with E-state index in [4.69, 9.17) is 0 Å². The first-order chi connectivity index (χ1) is 6.93. The Morgan fingerprint density at radius 1 is 1.07 bits per heavy atom. The van der Waals surface area contributed by atoms with Crippen molar-refractivity contribution in [3.8, 4) is 10.7 Å². The van der Waals surface area contributed by atoms with Crippen LogP contribution in [0.2, 0.25) is 0 Å². The van der Waals surface area contributed by atoms with Crippen molar-refractivity contribution in [1.82, 2.24) is 9.97 Å². The maximum atomic E-state index is 4.54. The molecule has 0 aliphatic heterocycles. The van der Waals surface area contributed by atoms with E-state index < -0.39 is 0 Å². The lowest BCUT2D eigenvalue weighted by Crippen LogP contribution is -1.72. The number of para-hydroxylation sites is 1. The number of hydrogen-bond acceptors (Lipinski definition) is 2. The molecule has 0 saturated carbocycles. The van der Waals surface area contributed by atoms with Gasteiger partial charge >= 0.3 is 0 Å². The summed E-state index contributed by atoms with van der Waals surface area (Å²) in [5.41, 5.74) is 2.16. The fraction of sp³-hybridized carbons (Fsp3) is 0. The molecule has 0 fully saturated rings. The van der Waals surface area contributed by atoms with Crippen LogP contribution < -0.4 is 0 Å². The summed E-state index contributed by atoms with van der Waals surface area (Å²) in [5, 5.41) is 1.05.